The number of anilines is 4. The molecule has 3 heterocycles. The molecule has 1 aliphatic carbocycles. The van der Waals surface area contributed by atoms with Crippen LogP contribution in [0.3, 0.4) is 0 Å². The van der Waals surface area contributed by atoms with Gasteiger partial charge in [0.05, 0.1) is 28.5 Å². The fraction of sp³-hybridized carbons (Fsp3) is 0.429. The molecule has 10 heteroatoms. The van der Waals surface area contributed by atoms with Gasteiger partial charge < -0.3 is 14.9 Å². The van der Waals surface area contributed by atoms with E-state index < -0.39 is 16.1 Å². The van der Waals surface area contributed by atoms with Crippen LogP contribution in [-0.4, -0.2) is 73.4 Å². The normalized spacial score (nSPS) is 19.9. The van der Waals surface area contributed by atoms with Crippen LogP contribution in [0, 0.1) is 0 Å². The highest BCUT2D eigenvalue weighted by atomic mass is 32.2. The molecule has 31 heavy (non-hydrogen) atoms. The van der Waals surface area contributed by atoms with Gasteiger partial charge in [-0.05, 0) is 37.1 Å². The molecule has 0 radical (unpaired) electrons. The molecule has 1 saturated heterocycles. The van der Waals surface area contributed by atoms with Crippen molar-refractivity contribution in [2.75, 3.05) is 54.0 Å². The lowest BCUT2D eigenvalue weighted by Crippen LogP contribution is -2.49. The molecular weight excluding hydrogens is 418 g/mol. The van der Waals surface area contributed by atoms with Gasteiger partial charge in [0.1, 0.15) is 5.82 Å². The molecule has 0 unspecified atom stereocenters. The average molecular weight is 444 g/mol. The molecule has 0 spiro atoms. The van der Waals surface area contributed by atoms with E-state index in [1.165, 1.54) is 4.90 Å². The van der Waals surface area contributed by atoms with Crippen LogP contribution in [0.15, 0.2) is 42.6 Å². The number of aromatic nitrogens is 1. The van der Waals surface area contributed by atoms with Gasteiger partial charge in [-0.2, -0.15) is 4.31 Å². The van der Waals surface area contributed by atoms with E-state index >= 15 is 0 Å². The fourth-order valence-electron chi connectivity index (χ4n) is 4.30. The number of hydrogen-bond acceptors (Lipinski definition) is 6. The Morgan fingerprint density at radius 1 is 0.935 bits per heavy atom. The summed E-state index contributed by atoms with van der Waals surface area (Å²) in [7, 11) is -3.12. The van der Waals surface area contributed by atoms with E-state index in [-0.39, 0.29) is 5.25 Å². The van der Waals surface area contributed by atoms with Gasteiger partial charge in [-0.15, -0.1) is 0 Å². The largest absolute Gasteiger partial charge is 0.465 e. The van der Waals surface area contributed by atoms with Crippen molar-refractivity contribution < 1.29 is 18.3 Å². The first-order chi connectivity index (χ1) is 14.9. The summed E-state index contributed by atoms with van der Waals surface area (Å²) < 4.78 is 26.5. The Bertz CT molecular complexity index is 1080. The van der Waals surface area contributed by atoms with Crippen molar-refractivity contribution in [1.82, 2.24) is 9.29 Å². The number of benzene rings is 1. The monoisotopic (exact) mass is 443 g/mol. The Morgan fingerprint density at radius 2 is 1.65 bits per heavy atom. The third-order valence-corrected chi connectivity index (χ3v) is 8.55. The summed E-state index contributed by atoms with van der Waals surface area (Å²) in [4.78, 5) is 21.7. The quantitative estimate of drug-likeness (QED) is 0.775. The highest BCUT2D eigenvalue weighted by Crippen LogP contribution is 2.37. The van der Waals surface area contributed by atoms with E-state index in [4.69, 9.17) is 0 Å². The zero-order valence-electron chi connectivity index (χ0n) is 17.1. The molecule has 2 aromatic rings. The summed E-state index contributed by atoms with van der Waals surface area (Å²) in [5.74, 6) is 0.824. The van der Waals surface area contributed by atoms with Crippen LogP contribution in [0.1, 0.15) is 12.8 Å². The maximum Gasteiger partial charge on any atom is 0.411 e. The van der Waals surface area contributed by atoms with Gasteiger partial charge in [-0.3, -0.25) is 4.90 Å². The summed E-state index contributed by atoms with van der Waals surface area (Å²) in [5, 5.41) is 9.31. The summed E-state index contributed by atoms with van der Waals surface area (Å²) in [6.07, 6.45) is 2.42. The van der Waals surface area contributed by atoms with Crippen molar-refractivity contribution >= 4 is 39.0 Å². The van der Waals surface area contributed by atoms with Crippen LogP contribution >= 0.6 is 0 Å². The molecule has 9 nitrogen and oxygen atoms in total. The lowest BCUT2D eigenvalue weighted by atomic mass is 10.1. The first-order valence-corrected chi connectivity index (χ1v) is 12.0. The predicted octanol–water partition coefficient (Wildman–Crippen LogP) is 2.33. The summed E-state index contributed by atoms with van der Waals surface area (Å²) >= 11 is 0. The van der Waals surface area contributed by atoms with Crippen molar-refractivity contribution in [3.63, 3.8) is 0 Å². The second-order valence-electron chi connectivity index (χ2n) is 8.08. The van der Waals surface area contributed by atoms with Gasteiger partial charge in [-0.25, -0.2) is 18.2 Å². The molecule has 3 aliphatic rings. The number of carbonyl (C=O) groups is 1. The van der Waals surface area contributed by atoms with Crippen molar-refractivity contribution in [3.8, 4) is 0 Å². The van der Waals surface area contributed by atoms with Crippen LogP contribution in [0.5, 0.6) is 0 Å². The van der Waals surface area contributed by atoms with Crippen molar-refractivity contribution in [3.05, 3.63) is 42.6 Å². The number of sulfonamides is 1. The molecule has 2 fully saturated rings. The van der Waals surface area contributed by atoms with Gasteiger partial charge in [0, 0.05) is 39.3 Å². The molecule has 1 amide bonds. The second-order valence-corrected chi connectivity index (χ2v) is 10.3. The van der Waals surface area contributed by atoms with Crippen LogP contribution in [-0.2, 0) is 10.0 Å². The van der Waals surface area contributed by atoms with Crippen LogP contribution in [0.2, 0.25) is 0 Å². The minimum atomic E-state index is -3.12. The van der Waals surface area contributed by atoms with Crippen LogP contribution < -0.4 is 14.7 Å². The maximum atomic E-state index is 12.4. The number of amides is 1. The van der Waals surface area contributed by atoms with E-state index in [0.717, 1.165) is 30.0 Å². The average Bonchev–Trinajstić information content (AvgIpc) is 3.65. The number of hydrogen-bond donors (Lipinski definition) is 1. The topological polar surface area (TPSA) is 97.3 Å². The number of para-hydroxylation sites is 2. The van der Waals surface area contributed by atoms with E-state index in [1.807, 2.05) is 36.4 Å². The minimum Gasteiger partial charge on any atom is -0.465 e. The molecular formula is C21H25N5O4S. The van der Waals surface area contributed by atoms with E-state index in [1.54, 1.807) is 10.5 Å². The summed E-state index contributed by atoms with van der Waals surface area (Å²) in [6.45, 7) is 3.16. The fourth-order valence-corrected chi connectivity index (χ4v) is 6.13. The molecule has 5 rings (SSSR count). The molecule has 1 saturated carbocycles. The van der Waals surface area contributed by atoms with Gasteiger partial charge in [0.2, 0.25) is 10.0 Å². The van der Waals surface area contributed by atoms with Crippen molar-refractivity contribution in [2.24, 2.45) is 0 Å². The summed E-state index contributed by atoms with van der Waals surface area (Å²) in [6, 6.07) is 11.4. The molecule has 1 N–H and O–H groups in total. The third kappa shape index (κ3) is 3.70. The van der Waals surface area contributed by atoms with Gasteiger partial charge in [0.15, 0.2) is 0 Å². The third-order valence-electron chi connectivity index (χ3n) is 6.15. The summed E-state index contributed by atoms with van der Waals surface area (Å²) in [5.41, 5.74) is 2.40. The highest BCUT2D eigenvalue weighted by Gasteiger charge is 2.41. The molecule has 2 aliphatic heterocycles. The first kappa shape index (κ1) is 20.1. The van der Waals surface area contributed by atoms with Crippen LogP contribution in [0.25, 0.3) is 0 Å². The Hall–Kier alpha value is -2.85. The molecule has 0 atom stereocenters. The Balaban J connectivity index is 1.30. The number of carboxylic acid groups (broad SMARTS) is 1. The maximum absolute atomic E-state index is 12.4. The smallest absolute Gasteiger partial charge is 0.411 e. The number of piperazine rings is 1. The molecule has 1 aromatic heterocycles. The van der Waals surface area contributed by atoms with E-state index in [2.05, 4.69) is 14.8 Å². The lowest BCUT2D eigenvalue weighted by molar-refractivity contribution is 0.201. The second kappa shape index (κ2) is 7.69. The number of rotatable bonds is 4. The van der Waals surface area contributed by atoms with Gasteiger partial charge >= 0.3 is 6.09 Å². The SMILES string of the molecule is O=C(O)N1CCN(c2ccc(N3CCN(S(=O)(=O)C4CC4)CC3)nc2)c2ccccc21. The standard InChI is InChI=1S/C21H25N5O4S/c27-21(28)26-14-13-25(18-3-1-2-4-19(18)26)16-5-8-20(22-15-16)23-9-11-24(12-10-23)31(29,30)17-6-7-17/h1-5,8,15,17H,6-7,9-14H2,(H,27,28). The number of pyridine rings is 1. The molecule has 0 bridgehead atoms. The van der Waals surface area contributed by atoms with Crippen LogP contribution in [0.4, 0.5) is 27.7 Å². The predicted molar refractivity (Wildman–Crippen MR) is 119 cm³/mol. The zero-order chi connectivity index (χ0) is 21.6. The van der Waals surface area contributed by atoms with E-state index in [9.17, 15) is 18.3 Å². The Labute approximate surface area is 181 Å². The van der Waals surface area contributed by atoms with Crippen molar-refractivity contribution in [1.29, 1.82) is 0 Å². The number of nitrogens with zero attached hydrogens (tertiary/aromatic N) is 5. The van der Waals surface area contributed by atoms with E-state index in [0.29, 0.717) is 45.0 Å². The first-order valence-electron chi connectivity index (χ1n) is 10.5. The lowest BCUT2D eigenvalue weighted by Gasteiger charge is -2.37. The number of fused-ring (bicyclic) bond motifs is 1. The molecule has 164 valence electrons. The Morgan fingerprint density at radius 3 is 2.26 bits per heavy atom. The van der Waals surface area contributed by atoms with Gasteiger partial charge in [0.25, 0.3) is 0 Å². The molecule has 1 aromatic carbocycles. The Kier molecular flexibility index (Phi) is 4.98. The van der Waals surface area contributed by atoms with Crippen molar-refractivity contribution in [2.45, 2.75) is 18.1 Å². The zero-order valence-corrected chi connectivity index (χ0v) is 17.9. The highest BCUT2D eigenvalue weighted by molar-refractivity contribution is 7.90. The van der Waals surface area contributed by atoms with Gasteiger partial charge in [-0.1, -0.05) is 12.1 Å². The minimum absolute atomic E-state index is 0.166.